The Hall–Kier alpha value is -0.340. The van der Waals surface area contributed by atoms with E-state index >= 15 is 0 Å². The highest BCUT2D eigenvalue weighted by atomic mass is 16.6. The van der Waals surface area contributed by atoms with E-state index in [0.29, 0.717) is 12.2 Å². The second kappa shape index (κ2) is 2.12. The lowest BCUT2D eigenvalue weighted by molar-refractivity contribution is -0.245. The predicted molar refractivity (Wildman–Crippen MR) is 44.9 cm³/mol. The molecule has 12 heavy (non-hydrogen) atoms. The van der Waals surface area contributed by atoms with Crippen LogP contribution in [0.3, 0.4) is 0 Å². The highest BCUT2D eigenvalue weighted by Crippen LogP contribution is 2.44. The van der Waals surface area contributed by atoms with Crippen LogP contribution < -0.4 is 0 Å². The summed E-state index contributed by atoms with van der Waals surface area (Å²) in [5.74, 6) is 0. The average Bonchev–Trinajstić information content (AvgIpc) is 2.14. The zero-order valence-electron chi connectivity index (χ0n) is 7.54. The largest absolute Gasteiger partial charge is 0.365 e. The summed E-state index contributed by atoms with van der Waals surface area (Å²) < 4.78 is 11.8. The van der Waals surface area contributed by atoms with Crippen molar-refractivity contribution >= 4 is 0 Å². The van der Waals surface area contributed by atoms with Gasteiger partial charge in [-0.25, -0.2) is 0 Å². The summed E-state index contributed by atoms with van der Waals surface area (Å²) in [4.78, 5) is 0. The lowest BCUT2D eigenvalue weighted by atomic mass is 9.80. The third kappa shape index (κ3) is 0.679. The second-order valence-corrected chi connectivity index (χ2v) is 4.13. The Bertz CT molecular complexity index is 231. The molecule has 5 rings (SSSR count). The van der Waals surface area contributed by atoms with Gasteiger partial charge >= 0.3 is 0 Å². The summed E-state index contributed by atoms with van der Waals surface area (Å²) >= 11 is 0. The van der Waals surface area contributed by atoms with Gasteiger partial charge in [-0.05, 0) is 37.8 Å². The summed E-state index contributed by atoms with van der Waals surface area (Å²) in [6.07, 6.45) is 3.68. The average molecular weight is 166 g/mol. The van der Waals surface area contributed by atoms with Crippen LogP contribution in [0.25, 0.3) is 0 Å². The standard InChI is InChI=1S/C10H14O2/c1-5-6(2)10-8-4-3-7(12-10)9(5)11-8/h7-10H,3-4H2,1-2H3. The number of hydrogen-bond acceptors (Lipinski definition) is 2. The Balaban J connectivity index is 2.09. The smallest absolute Gasteiger partial charge is 0.105 e. The SMILES string of the molecule is CC1=C(C)C2OC3CCC2OC13. The molecule has 66 valence electrons. The summed E-state index contributed by atoms with van der Waals surface area (Å²) in [6, 6.07) is 0. The van der Waals surface area contributed by atoms with E-state index in [-0.39, 0.29) is 12.2 Å². The topological polar surface area (TPSA) is 18.5 Å². The fourth-order valence-electron chi connectivity index (χ4n) is 2.67. The predicted octanol–water partition coefficient (Wildman–Crippen LogP) is 1.65. The fraction of sp³-hybridized carbons (Fsp3) is 0.800. The number of fused-ring (bicyclic) bond motifs is 1. The monoisotopic (exact) mass is 166 g/mol. The van der Waals surface area contributed by atoms with Crippen molar-refractivity contribution in [3.05, 3.63) is 11.1 Å². The van der Waals surface area contributed by atoms with E-state index in [0.717, 1.165) is 0 Å². The number of rotatable bonds is 0. The fourth-order valence-corrected chi connectivity index (χ4v) is 2.67. The Labute approximate surface area is 72.5 Å². The molecule has 0 spiro atoms. The van der Waals surface area contributed by atoms with Gasteiger partial charge in [-0.3, -0.25) is 0 Å². The van der Waals surface area contributed by atoms with Crippen molar-refractivity contribution in [3.8, 4) is 0 Å². The minimum Gasteiger partial charge on any atom is -0.365 e. The molecule has 0 aliphatic carbocycles. The number of hydrogen-bond donors (Lipinski definition) is 0. The van der Waals surface area contributed by atoms with Crippen molar-refractivity contribution in [3.63, 3.8) is 0 Å². The molecule has 5 heterocycles. The van der Waals surface area contributed by atoms with Crippen LogP contribution in [0, 0.1) is 0 Å². The van der Waals surface area contributed by atoms with Gasteiger partial charge in [0.15, 0.2) is 0 Å². The maximum Gasteiger partial charge on any atom is 0.105 e. The molecule has 0 aromatic rings. The Kier molecular flexibility index (Phi) is 1.25. The zero-order valence-corrected chi connectivity index (χ0v) is 7.54. The van der Waals surface area contributed by atoms with E-state index in [1.807, 2.05) is 0 Å². The lowest BCUT2D eigenvalue weighted by Crippen LogP contribution is -2.59. The molecule has 0 radical (unpaired) electrons. The minimum atomic E-state index is 0.286. The minimum absolute atomic E-state index is 0.286. The molecular formula is C10H14O2. The van der Waals surface area contributed by atoms with E-state index in [9.17, 15) is 0 Å². The van der Waals surface area contributed by atoms with Crippen LogP contribution >= 0.6 is 0 Å². The first-order valence-electron chi connectivity index (χ1n) is 4.75. The quantitative estimate of drug-likeness (QED) is 0.509. The van der Waals surface area contributed by atoms with Gasteiger partial charge in [-0.15, -0.1) is 0 Å². The molecule has 0 amide bonds. The van der Waals surface area contributed by atoms with Crippen LogP contribution in [-0.4, -0.2) is 24.4 Å². The van der Waals surface area contributed by atoms with Crippen molar-refractivity contribution < 1.29 is 9.47 Å². The van der Waals surface area contributed by atoms with Crippen LogP contribution in [0.1, 0.15) is 26.7 Å². The van der Waals surface area contributed by atoms with E-state index in [2.05, 4.69) is 13.8 Å². The summed E-state index contributed by atoms with van der Waals surface area (Å²) in [7, 11) is 0. The van der Waals surface area contributed by atoms with Crippen molar-refractivity contribution in [2.24, 2.45) is 0 Å². The first kappa shape index (κ1) is 7.10. The summed E-state index contributed by atoms with van der Waals surface area (Å²) in [6.45, 7) is 4.37. The highest BCUT2D eigenvalue weighted by Gasteiger charge is 2.49. The molecule has 0 saturated carbocycles. The molecule has 2 heteroatoms. The zero-order chi connectivity index (χ0) is 8.29. The third-order valence-corrected chi connectivity index (χ3v) is 3.53. The molecule has 4 atom stereocenters. The summed E-state index contributed by atoms with van der Waals surface area (Å²) in [5, 5.41) is 0. The maximum atomic E-state index is 5.88. The Morgan fingerprint density at radius 1 is 0.917 bits per heavy atom. The Morgan fingerprint density at radius 2 is 1.33 bits per heavy atom. The Morgan fingerprint density at radius 3 is 1.67 bits per heavy atom. The maximum absolute atomic E-state index is 5.88. The third-order valence-electron chi connectivity index (χ3n) is 3.53. The molecule has 2 nitrogen and oxygen atoms in total. The van der Waals surface area contributed by atoms with Crippen LogP contribution in [0.5, 0.6) is 0 Å². The molecule has 5 aliphatic rings. The van der Waals surface area contributed by atoms with Crippen molar-refractivity contribution in [1.82, 2.24) is 0 Å². The molecular weight excluding hydrogens is 152 g/mol. The second-order valence-electron chi connectivity index (χ2n) is 4.13. The van der Waals surface area contributed by atoms with Crippen LogP contribution in [0.4, 0.5) is 0 Å². The lowest BCUT2D eigenvalue weighted by Gasteiger charge is -2.52. The van der Waals surface area contributed by atoms with Crippen LogP contribution in [-0.2, 0) is 9.47 Å². The van der Waals surface area contributed by atoms with Gasteiger partial charge < -0.3 is 9.47 Å². The molecule has 4 unspecified atom stereocenters. The van der Waals surface area contributed by atoms with Gasteiger partial charge in [-0.1, -0.05) is 0 Å². The van der Waals surface area contributed by atoms with Gasteiger partial charge in [0.1, 0.15) is 12.2 Å². The van der Waals surface area contributed by atoms with Crippen molar-refractivity contribution in [2.45, 2.75) is 51.1 Å². The van der Waals surface area contributed by atoms with E-state index in [1.54, 1.807) is 0 Å². The van der Waals surface area contributed by atoms with Gasteiger partial charge in [0.05, 0.1) is 12.2 Å². The van der Waals surface area contributed by atoms with Crippen molar-refractivity contribution in [1.29, 1.82) is 0 Å². The van der Waals surface area contributed by atoms with E-state index < -0.39 is 0 Å². The van der Waals surface area contributed by atoms with Gasteiger partial charge in [0.2, 0.25) is 0 Å². The molecule has 5 aliphatic heterocycles. The molecule has 3 saturated heterocycles. The molecule has 0 aromatic heterocycles. The van der Waals surface area contributed by atoms with E-state index in [1.165, 1.54) is 24.0 Å². The first-order valence-corrected chi connectivity index (χ1v) is 4.75. The van der Waals surface area contributed by atoms with Crippen LogP contribution in [0.15, 0.2) is 11.1 Å². The molecule has 0 aromatic carbocycles. The summed E-state index contributed by atoms with van der Waals surface area (Å²) in [5.41, 5.74) is 2.85. The van der Waals surface area contributed by atoms with Gasteiger partial charge in [-0.2, -0.15) is 0 Å². The van der Waals surface area contributed by atoms with Crippen LogP contribution in [0.2, 0.25) is 0 Å². The normalized spacial score (nSPS) is 50.5. The molecule has 3 fully saturated rings. The number of ether oxygens (including phenoxy) is 2. The van der Waals surface area contributed by atoms with Crippen molar-refractivity contribution in [2.75, 3.05) is 0 Å². The molecule has 0 N–H and O–H groups in total. The van der Waals surface area contributed by atoms with E-state index in [4.69, 9.17) is 9.47 Å². The van der Waals surface area contributed by atoms with Gasteiger partial charge in [0, 0.05) is 0 Å². The van der Waals surface area contributed by atoms with Gasteiger partial charge in [0.25, 0.3) is 0 Å². The molecule has 4 bridgehead atoms. The highest BCUT2D eigenvalue weighted by molar-refractivity contribution is 5.29. The first-order chi connectivity index (χ1) is 5.77.